The maximum atomic E-state index is 12.7. The second kappa shape index (κ2) is 7.45. The summed E-state index contributed by atoms with van der Waals surface area (Å²) in [6.45, 7) is 2.16. The van der Waals surface area contributed by atoms with Crippen molar-refractivity contribution < 1.29 is 9.59 Å². The molecule has 138 valence electrons. The number of hydrogen-bond donors (Lipinski definition) is 1. The van der Waals surface area contributed by atoms with E-state index in [9.17, 15) is 9.59 Å². The molecule has 27 heavy (non-hydrogen) atoms. The highest BCUT2D eigenvalue weighted by Gasteiger charge is 2.34. The molecule has 2 heterocycles. The first-order valence-electron chi connectivity index (χ1n) is 9.09. The van der Waals surface area contributed by atoms with Crippen molar-refractivity contribution in [3.05, 3.63) is 64.7 Å². The lowest BCUT2D eigenvalue weighted by atomic mass is 10.1. The van der Waals surface area contributed by atoms with Crippen molar-refractivity contribution in [1.29, 1.82) is 0 Å². The Kier molecular flexibility index (Phi) is 4.86. The molecule has 2 aliphatic heterocycles. The molecule has 2 aliphatic rings. The van der Waals surface area contributed by atoms with Crippen LogP contribution < -0.4 is 15.3 Å². The van der Waals surface area contributed by atoms with Gasteiger partial charge in [0.2, 0.25) is 0 Å². The third-order valence-electron chi connectivity index (χ3n) is 4.88. The van der Waals surface area contributed by atoms with Crippen molar-refractivity contribution in [3.63, 3.8) is 0 Å². The molecule has 2 amide bonds. The van der Waals surface area contributed by atoms with Gasteiger partial charge in [0.25, 0.3) is 11.8 Å². The molecule has 1 N–H and O–H groups in total. The zero-order valence-corrected chi connectivity index (χ0v) is 15.6. The van der Waals surface area contributed by atoms with Crippen molar-refractivity contribution in [1.82, 2.24) is 5.43 Å². The van der Waals surface area contributed by atoms with Crippen molar-refractivity contribution in [3.8, 4) is 0 Å². The normalized spacial score (nSPS) is 18.9. The van der Waals surface area contributed by atoms with E-state index >= 15 is 0 Å². The number of nitrogens with one attached hydrogen (secondary N) is 1. The van der Waals surface area contributed by atoms with Gasteiger partial charge in [0.1, 0.15) is 5.57 Å². The largest absolute Gasteiger partial charge is 0.372 e. The second-order valence-corrected chi connectivity index (χ2v) is 7.20. The fourth-order valence-electron chi connectivity index (χ4n) is 3.45. The molecule has 0 saturated carbocycles. The predicted octanol–water partition coefficient (Wildman–Crippen LogP) is 3.79. The smallest absolute Gasteiger partial charge is 0.282 e. The van der Waals surface area contributed by atoms with E-state index in [1.165, 1.54) is 30.0 Å². The highest BCUT2D eigenvalue weighted by Crippen LogP contribution is 2.25. The van der Waals surface area contributed by atoms with Crippen LogP contribution in [-0.2, 0) is 9.59 Å². The maximum absolute atomic E-state index is 12.7. The molecule has 0 aromatic heterocycles. The Morgan fingerprint density at radius 3 is 2.37 bits per heavy atom. The molecule has 0 radical (unpaired) electrons. The van der Waals surface area contributed by atoms with Crippen LogP contribution in [-0.4, -0.2) is 24.9 Å². The minimum Gasteiger partial charge on any atom is -0.372 e. The van der Waals surface area contributed by atoms with Gasteiger partial charge in [-0.1, -0.05) is 29.8 Å². The van der Waals surface area contributed by atoms with Gasteiger partial charge in [-0.3, -0.25) is 15.0 Å². The van der Waals surface area contributed by atoms with Gasteiger partial charge in [0.15, 0.2) is 0 Å². The molecule has 6 heteroatoms. The quantitative estimate of drug-likeness (QED) is 0.650. The summed E-state index contributed by atoms with van der Waals surface area (Å²) in [5, 5.41) is 1.72. The van der Waals surface area contributed by atoms with Crippen molar-refractivity contribution >= 4 is 40.9 Å². The monoisotopic (exact) mass is 381 g/mol. The van der Waals surface area contributed by atoms with Crippen LogP contribution in [0.5, 0.6) is 0 Å². The third-order valence-corrected chi connectivity index (χ3v) is 5.12. The number of hydrazine groups is 1. The van der Waals surface area contributed by atoms with Crippen LogP contribution >= 0.6 is 11.6 Å². The Labute approximate surface area is 163 Å². The molecular weight excluding hydrogens is 362 g/mol. The van der Waals surface area contributed by atoms with E-state index in [4.69, 9.17) is 11.6 Å². The van der Waals surface area contributed by atoms with Crippen LogP contribution in [0.4, 0.5) is 11.4 Å². The van der Waals surface area contributed by atoms with Crippen molar-refractivity contribution in [2.24, 2.45) is 0 Å². The highest BCUT2D eigenvalue weighted by atomic mass is 35.5. The number of rotatable bonds is 3. The van der Waals surface area contributed by atoms with E-state index in [1.54, 1.807) is 30.3 Å². The zero-order valence-electron chi connectivity index (χ0n) is 14.8. The van der Waals surface area contributed by atoms with Gasteiger partial charge in [0.05, 0.1) is 5.69 Å². The third kappa shape index (κ3) is 3.69. The van der Waals surface area contributed by atoms with Gasteiger partial charge >= 0.3 is 0 Å². The summed E-state index contributed by atoms with van der Waals surface area (Å²) in [6.07, 6.45) is 5.36. The van der Waals surface area contributed by atoms with Crippen LogP contribution in [0, 0.1) is 0 Å². The van der Waals surface area contributed by atoms with Crippen molar-refractivity contribution in [2.45, 2.75) is 19.3 Å². The molecule has 2 aromatic carbocycles. The number of halogens is 1. The Balaban J connectivity index is 1.54. The first kappa shape index (κ1) is 17.6. The number of piperidine rings is 1. The fourth-order valence-corrected chi connectivity index (χ4v) is 3.64. The molecule has 4 rings (SSSR count). The molecule has 5 nitrogen and oxygen atoms in total. The summed E-state index contributed by atoms with van der Waals surface area (Å²) in [6, 6.07) is 14.8. The first-order valence-corrected chi connectivity index (χ1v) is 9.47. The van der Waals surface area contributed by atoms with E-state index < -0.39 is 5.91 Å². The van der Waals surface area contributed by atoms with Crippen LogP contribution in [0.1, 0.15) is 24.8 Å². The van der Waals surface area contributed by atoms with E-state index in [0.29, 0.717) is 10.7 Å². The molecule has 2 aromatic rings. The average molecular weight is 382 g/mol. The number of hydrogen-bond acceptors (Lipinski definition) is 3. The second-order valence-electron chi connectivity index (χ2n) is 6.76. The summed E-state index contributed by atoms with van der Waals surface area (Å²) in [5.41, 5.74) is 5.24. The maximum Gasteiger partial charge on any atom is 0.282 e. The van der Waals surface area contributed by atoms with Gasteiger partial charge in [-0.15, -0.1) is 0 Å². The van der Waals surface area contributed by atoms with Gasteiger partial charge in [0, 0.05) is 23.8 Å². The number of carbonyl (C=O) groups is 2. The number of carbonyl (C=O) groups excluding carboxylic acids is 2. The van der Waals surface area contributed by atoms with E-state index in [0.717, 1.165) is 18.7 Å². The fraction of sp³-hybridized carbons (Fsp3) is 0.238. The Hall–Kier alpha value is -2.79. The summed E-state index contributed by atoms with van der Waals surface area (Å²) in [5.74, 6) is -0.803. The molecular formula is C21H20ClN3O2. The number of amides is 2. The van der Waals surface area contributed by atoms with Crippen LogP contribution in [0.3, 0.4) is 0 Å². The molecule has 0 spiro atoms. The van der Waals surface area contributed by atoms with E-state index in [1.807, 2.05) is 24.3 Å². The minimum absolute atomic E-state index is 0.112. The molecule has 0 bridgehead atoms. The lowest BCUT2D eigenvalue weighted by molar-refractivity contribution is -0.117. The molecule has 0 unspecified atom stereocenters. The average Bonchev–Trinajstić information content (AvgIpc) is 2.97. The number of anilines is 2. The van der Waals surface area contributed by atoms with Crippen LogP contribution in [0.15, 0.2) is 54.1 Å². The van der Waals surface area contributed by atoms with E-state index in [-0.39, 0.29) is 11.5 Å². The number of nitrogens with zero attached hydrogens (tertiary/aromatic N) is 2. The molecule has 0 atom stereocenters. The lowest BCUT2D eigenvalue weighted by Gasteiger charge is -2.28. The lowest BCUT2D eigenvalue weighted by Crippen LogP contribution is -2.35. The SMILES string of the molecule is O=C1NN(c2cccc(Cl)c2)C(=O)/C1=C\c1ccc(N2CCCCC2)cc1. The minimum atomic E-state index is -0.417. The Morgan fingerprint density at radius 2 is 1.67 bits per heavy atom. The Bertz CT molecular complexity index is 902. The zero-order chi connectivity index (χ0) is 18.8. The highest BCUT2D eigenvalue weighted by molar-refractivity contribution is 6.33. The summed E-state index contributed by atoms with van der Waals surface area (Å²) >= 11 is 5.98. The van der Waals surface area contributed by atoms with E-state index in [2.05, 4.69) is 10.3 Å². The summed E-state index contributed by atoms with van der Waals surface area (Å²) in [4.78, 5) is 27.3. The van der Waals surface area contributed by atoms with Gasteiger partial charge < -0.3 is 4.90 Å². The molecule has 2 saturated heterocycles. The van der Waals surface area contributed by atoms with Gasteiger partial charge in [-0.2, -0.15) is 0 Å². The number of benzene rings is 2. The topological polar surface area (TPSA) is 52.7 Å². The summed E-state index contributed by atoms with van der Waals surface area (Å²) in [7, 11) is 0. The standard InChI is InChI=1S/C21H20ClN3O2/c22-16-5-4-6-18(14-16)25-21(27)19(20(26)23-25)13-15-7-9-17(10-8-15)24-11-2-1-3-12-24/h4-10,13-14H,1-3,11-12H2,(H,23,26)/b19-13-. The van der Waals surface area contributed by atoms with Crippen LogP contribution in [0.25, 0.3) is 6.08 Å². The van der Waals surface area contributed by atoms with Gasteiger partial charge in [-0.05, 0) is 61.2 Å². The predicted molar refractivity (Wildman–Crippen MR) is 108 cm³/mol. The molecule has 0 aliphatic carbocycles. The van der Waals surface area contributed by atoms with Crippen LogP contribution in [0.2, 0.25) is 5.02 Å². The Morgan fingerprint density at radius 1 is 0.926 bits per heavy atom. The van der Waals surface area contributed by atoms with Crippen molar-refractivity contribution in [2.75, 3.05) is 23.0 Å². The van der Waals surface area contributed by atoms with Gasteiger partial charge in [-0.25, -0.2) is 5.01 Å². The summed E-state index contributed by atoms with van der Waals surface area (Å²) < 4.78 is 0. The first-order chi connectivity index (χ1) is 13.1. The molecule has 2 fully saturated rings.